The van der Waals surface area contributed by atoms with Gasteiger partial charge in [0.05, 0.1) is 10.7 Å². The van der Waals surface area contributed by atoms with Gasteiger partial charge in [0.1, 0.15) is 10.7 Å². The predicted molar refractivity (Wildman–Crippen MR) is 141 cm³/mol. The molecule has 1 aliphatic rings. The van der Waals surface area contributed by atoms with Crippen LogP contribution in [0.3, 0.4) is 0 Å². The SMILES string of the molecule is O=S(=O)(Nc1nccs1)c1cc(Cl)c(NCCCCNC[C@H]2C[C@@H](c3ccccc3)CN2)cc1F. The van der Waals surface area contributed by atoms with Crippen molar-refractivity contribution in [2.45, 2.75) is 36.1 Å². The molecule has 1 fully saturated rings. The maximum atomic E-state index is 14.6. The summed E-state index contributed by atoms with van der Waals surface area (Å²) in [7, 11) is -4.12. The zero-order valence-corrected chi connectivity index (χ0v) is 21.5. The molecule has 11 heteroatoms. The average molecular weight is 538 g/mol. The lowest BCUT2D eigenvalue weighted by molar-refractivity contribution is 0.523. The quantitative estimate of drug-likeness (QED) is 0.251. The molecular formula is C24H29ClFN5O2S2. The second kappa shape index (κ2) is 12.1. The van der Waals surface area contributed by atoms with Gasteiger partial charge in [-0.15, -0.1) is 11.3 Å². The minimum atomic E-state index is -4.12. The van der Waals surface area contributed by atoms with Crippen molar-refractivity contribution in [3.63, 3.8) is 0 Å². The second-order valence-electron chi connectivity index (χ2n) is 8.49. The van der Waals surface area contributed by atoms with E-state index in [0.717, 1.165) is 62.4 Å². The van der Waals surface area contributed by atoms with Gasteiger partial charge in [0.2, 0.25) is 0 Å². The fourth-order valence-corrected chi connectivity index (χ4v) is 6.31. The van der Waals surface area contributed by atoms with Crippen LogP contribution < -0.4 is 20.7 Å². The Bertz CT molecular complexity index is 1200. The van der Waals surface area contributed by atoms with Crippen LogP contribution in [0.1, 0.15) is 30.7 Å². The largest absolute Gasteiger partial charge is 0.384 e. The van der Waals surface area contributed by atoms with Crippen LogP contribution in [0.2, 0.25) is 5.02 Å². The van der Waals surface area contributed by atoms with Crippen molar-refractivity contribution < 1.29 is 12.8 Å². The summed E-state index contributed by atoms with van der Waals surface area (Å²) < 4.78 is 41.7. The molecular weight excluding hydrogens is 509 g/mol. The Morgan fingerprint density at radius 2 is 1.97 bits per heavy atom. The highest BCUT2D eigenvalue weighted by Gasteiger charge is 2.25. The number of aromatic nitrogens is 1. The average Bonchev–Trinajstić information content (AvgIpc) is 3.53. The first-order valence-electron chi connectivity index (χ1n) is 11.6. The molecule has 1 aliphatic heterocycles. The standard InChI is InChI=1S/C24H29ClFN5O2S2/c25-20-13-23(35(32,33)31-24-29-10-11-34-24)21(26)14-22(20)28-9-5-4-8-27-16-19-12-18(15-30-19)17-6-2-1-3-7-17/h1-3,6-7,10-11,13-14,18-19,27-28,30H,4-5,8-9,12,15-16H2,(H,29,31)/t18-,19-/m1/s1. The van der Waals surface area contributed by atoms with E-state index in [1.165, 1.54) is 11.8 Å². The predicted octanol–water partition coefficient (Wildman–Crippen LogP) is 4.66. The van der Waals surface area contributed by atoms with E-state index in [0.29, 0.717) is 24.2 Å². The van der Waals surface area contributed by atoms with Crippen LogP contribution >= 0.6 is 22.9 Å². The van der Waals surface area contributed by atoms with Crippen LogP contribution in [-0.4, -0.2) is 45.6 Å². The number of thiazole rings is 1. The summed E-state index contributed by atoms with van der Waals surface area (Å²) in [5, 5.41) is 12.1. The summed E-state index contributed by atoms with van der Waals surface area (Å²) in [4.78, 5) is 3.35. The van der Waals surface area contributed by atoms with Crippen LogP contribution in [0.15, 0.2) is 58.9 Å². The molecule has 0 spiro atoms. The van der Waals surface area contributed by atoms with Gasteiger partial charge >= 0.3 is 0 Å². The van der Waals surface area contributed by atoms with E-state index in [9.17, 15) is 12.8 Å². The summed E-state index contributed by atoms with van der Waals surface area (Å²) in [6.45, 7) is 3.43. The Kier molecular flexibility index (Phi) is 8.96. The molecule has 2 aromatic carbocycles. The highest BCUT2D eigenvalue weighted by atomic mass is 35.5. The number of nitrogens with zero attached hydrogens (tertiary/aromatic N) is 1. The Morgan fingerprint density at radius 3 is 2.74 bits per heavy atom. The molecule has 0 unspecified atom stereocenters. The normalized spacial score (nSPS) is 18.0. The first-order chi connectivity index (χ1) is 16.9. The Hall–Kier alpha value is -2.24. The van der Waals surface area contributed by atoms with Crippen LogP contribution in [0, 0.1) is 5.82 Å². The lowest BCUT2D eigenvalue weighted by Gasteiger charge is -2.13. The van der Waals surface area contributed by atoms with Gasteiger partial charge in [-0.2, -0.15) is 0 Å². The Balaban J connectivity index is 1.16. The number of hydrogen-bond donors (Lipinski definition) is 4. The van der Waals surface area contributed by atoms with Gasteiger partial charge in [-0.3, -0.25) is 4.72 Å². The van der Waals surface area contributed by atoms with Crippen LogP contribution in [0.5, 0.6) is 0 Å². The van der Waals surface area contributed by atoms with Gasteiger partial charge in [-0.25, -0.2) is 17.8 Å². The van der Waals surface area contributed by atoms with Gasteiger partial charge in [-0.1, -0.05) is 41.9 Å². The number of benzene rings is 2. The maximum Gasteiger partial charge on any atom is 0.266 e. The van der Waals surface area contributed by atoms with Gasteiger partial charge in [0.25, 0.3) is 10.0 Å². The number of unbranched alkanes of at least 4 members (excludes halogenated alkanes) is 1. The third kappa shape index (κ3) is 7.14. The monoisotopic (exact) mass is 537 g/mol. The van der Waals surface area contributed by atoms with E-state index in [2.05, 4.69) is 49.9 Å². The molecule has 2 atom stereocenters. The van der Waals surface area contributed by atoms with Crippen LogP contribution in [-0.2, 0) is 10.0 Å². The molecule has 3 aromatic rings. The lowest BCUT2D eigenvalue weighted by atomic mass is 9.96. The van der Waals surface area contributed by atoms with E-state index in [4.69, 9.17) is 11.6 Å². The minimum Gasteiger partial charge on any atom is -0.384 e. The number of anilines is 2. The third-order valence-corrected chi connectivity index (χ3v) is 8.43. The van der Waals surface area contributed by atoms with Crippen molar-refractivity contribution in [1.29, 1.82) is 0 Å². The summed E-state index contributed by atoms with van der Waals surface area (Å²) in [5.74, 6) is -0.303. The molecule has 0 bridgehead atoms. The molecule has 0 saturated carbocycles. The fourth-order valence-electron chi connectivity index (χ4n) is 4.14. The molecule has 7 nitrogen and oxygen atoms in total. The first kappa shape index (κ1) is 25.8. The molecule has 0 radical (unpaired) electrons. The molecule has 1 saturated heterocycles. The summed E-state index contributed by atoms with van der Waals surface area (Å²) >= 11 is 7.33. The maximum absolute atomic E-state index is 14.6. The zero-order chi connectivity index (χ0) is 24.7. The molecule has 4 rings (SSSR count). The molecule has 188 valence electrons. The van der Waals surface area contributed by atoms with Gasteiger partial charge in [0.15, 0.2) is 5.13 Å². The van der Waals surface area contributed by atoms with E-state index in [1.54, 1.807) is 5.38 Å². The molecule has 0 aliphatic carbocycles. The van der Waals surface area contributed by atoms with E-state index in [1.807, 2.05) is 6.07 Å². The van der Waals surface area contributed by atoms with Crippen molar-refractivity contribution in [3.05, 3.63) is 70.4 Å². The molecule has 0 amide bonds. The van der Waals surface area contributed by atoms with Gasteiger partial charge < -0.3 is 16.0 Å². The molecule has 35 heavy (non-hydrogen) atoms. The first-order valence-corrected chi connectivity index (χ1v) is 14.3. The van der Waals surface area contributed by atoms with Gasteiger partial charge in [0, 0.05) is 37.3 Å². The molecule has 2 heterocycles. The second-order valence-corrected chi connectivity index (χ2v) is 11.4. The van der Waals surface area contributed by atoms with Gasteiger partial charge in [-0.05, 0) is 49.4 Å². The minimum absolute atomic E-state index is 0.143. The van der Waals surface area contributed by atoms with Crippen LogP contribution in [0.25, 0.3) is 0 Å². The third-order valence-electron chi connectivity index (χ3n) is 5.94. The zero-order valence-electron chi connectivity index (χ0n) is 19.1. The highest BCUT2D eigenvalue weighted by molar-refractivity contribution is 7.93. The number of nitrogens with one attached hydrogen (secondary N) is 4. The summed E-state index contributed by atoms with van der Waals surface area (Å²) in [6.07, 6.45) is 4.41. The number of halogens is 2. The smallest absolute Gasteiger partial charge is 0.266 e. The van der Waals surface area contributed by atoms with Crippen molar-refractivity contribution in [1.82, 2.24) is 15.6 Å². The van der Waals surface area contributed by atoms with Crippen molar-refractivity contribution in [3.8, 4) is 0 Å². The molecule has 1 aromatic heterocycles. The highest BCUT2D eigenvalue weighted by Crippen LogP contribution is 2.29. The van der Waals surface area contributed by atoms with Crippen molar-refractivity contribution >= 4 is 43.8 Å². The van der Waals surface area contributed by atoms with E-state index in [-0.39, 0.29) is 10.2 Å². The fraction of sp³-hybridized carbons (Fsp3) is 0.375. The summed E-state index contributed by atoms with van der Waals surface area (Å²) in [6, 6.07) is 13.3. The number of hydrogen-bond acceptors (Lipinski definition) is 7. The molecule has 4 N–H and O–H groups in total. The lowest BCUT2D eigenvalue weighted by Crippen LogP contribution is -2.34. The van der Waals surface area contributed by atoms with Crippen molar-refractivity contribution in [2.24, 2.45) is 0 Å². The Labute approximate surface area is 214 Å². The van der Waals surface area contributed by atoms with Crippen LogP contribution in [0.4, 0.5) is 15.2 Å². The Morgan fingerprint density at radius 1 is 1.17 bits per heavy atom. The van der Waals surface area contributed by atoms with E-state index < -0.39 is 20.7 Å². The number of rotatable bonds is 12. The van der Waals surface area contributed by atoms with Crippen molar-refractivity contribution in [2.75, 3.05) is 36.2 Å². The topological polar surface area (TPSA) is 95.2 Å². The summed E-state index contributed by atoms with van der Waals surface area (Å²) in [5.41, 5.74) is 1.76. The van der Waals surface area contributed by atoms with E-state index >= 15 is 0 Å². The number of sulfonamides is 1.